The molecule has 1 heterocycles. The lowest BCUT2D eigenvalue weighted by Gasteiger charge is -2.50. The fourth-order valence-corrected chi connectivity index (χ4v) is 5.03. The van der Waals surface area contributed by atoms with E-state index in [1.54, 1.807) is 13.8 Å². The Hall–Kier alpha value is -1.15. The minimum atomic E-state index is -3.34. The number of aliphatic carboxylic acids is 1. The van der Waals surface area contributed by atoms with Gasteiger partial charge in [0.1, 0.15) is 5.54 Å². The van der Waals surface area contributed by atoms with Crippen LogP contribution in [-0.2, 0) is 19.6 Å². The predicted octanol–water partition coefficient (Wildman–Crippen LogP) is 1.25. The van der Waals surface area contributed by atoms with Gasteiger partial charge in [0.05, 0.1) is 12.2 Å². The molecule has 0 radical (unpaired) electrons. The minimum absolute atomic E-state index is 0.111. The van der Waals surface area contributed by atoms with Crippen molar-refractivity contribution >= 4 is 21.9 Å². The lowest BCUT2D eigenvalue weighted by molar-refractivity contribution is -0.173. The second-order valence-electron chi connectivity index (χ2n) is 7.98. The molecule has 0 unspecified atom stereocenters. The summed E-state index contributed by atoms with van der Waals surface area (Å²) >= 11 is 0. The predicted molar refractivity (Wildman–Crippen MR) is 92.0 cm³/mol. The molecule has 0 aliphatic carbocycles. The molecule has 1 aliphatic rings. The third-order valence-corrected chi connectivity index (χ3v) is 6.40. The van der Waals surface area contributed by atoms with Gasteiger partial charge in [-0.05, 0) is 17.8 Å². The molecule has 0 aromatic carbocycles. The molecule has 1 rings (SSSR count). The maximum Gasteiger partial charge on any atom is 0.330 e. The number of likely N-dealkylation sites (N-methyl/N-ethyl adjacent to an activating group) is 1. The Bertz CT molecular complexity index is 608. The maximum atomic E-state index is 13.0. The Balaban J connectivity index is 3.19. The number of carboxylic acid groups (broad SMARTS) is 1. The second kappa shape index (κ2) is 6.63. The first-order chi connectivity index (χ1) is 10.7. The van der Waals surface area contributed by atoms with E-state index in [0.29, 0.717) is 13.0 Å². The Morgan fingerprint density at radius 2 is 1.75 bits per heavy atom. The summed E-state index contributed by atoms with van der Waals surface area (Å²) in [4.78, 5) is 26.5. The van der Waals surface area contributed by atoms with E-state index in [1.165, 1.54) is 16.3 Å². The standard InChI is InChI=1S/C16H30N2O5S/c1-11(2)16(14(20)21,15(3,4)5)17(6)13(19)12-8-9-18(10-12)24(7,22)23/h11-12H,8-10H2,1-7H3,(H,20,21)/t12-,16-/m0/s1. The van der Waals surface area contributed by atoms with Crippen LogP contribution in [0.15, 0.2) is 0 Å². The van der Waals surface area contributed by atoms with Crippen molar-refractivity contribution in [2.75, 3.05) is 26.4 Å². The monoisotopic (exact) mass is 362 g/mol. The molecule has 1 amide bonds. The largest absolute Gasteiger partial charge is 0.479 e. The van der Waals surface area contributed by atoms with Gasteiger partial charge in [-0.1, -0.05) is 34.6 Å². The van der Waals surface area contributed by atoms with Crippen LogP contribution in [-0.4, -0.2) is 66.5 Å². The van der Waals surface area contributed by atoms with Crippen LogP contribution in [0.4, 0.5) is 0 Å². The number of sulfonamides is 1. The molecular formula is C16H30N2O5S. The van der Waals surface area contributed by atoms with Crippen LogP contribution >= 0.6 is 0 Å². The van der Waals surface area contributed by atoms with Crippen LogP contribution in [0.3, 0.4) is 0 Å². The van der Waals surface area contributed by atoms with Crippen molar-refractivity contribution in [1.82, 2.24) is 9.21 Å². The van der Waals surface area contributed by atoms with Crippen molar-refractivity contribution in [3.63, 3.8) is 0 Å². The Kier molecular flexibility index (Phi) is 5.77. The molecule has 0 saturated carbocycles. The first-order valence-electron chi connectivity index (χ1n) is 8.13. The molecule has 1 N–H and O–H groups in total. The maximum absolute atomic E-state index is 13.0. The molecule has 0 spiro atoms. The number of rotatable bonds is 5. The smallest absolute Gasteiger partial charge is 0.330 e. The number of hydrogen-bond donors (Lipinski definition) is 1. The molecule has 1 aliphatic heterocycles. The molecule has 7 nitrogen and oxygen atoms in total. The third-order valence-electron chi connectivity index (χ3n) is 5.13. The summed E-state index contributed by atoms with van der Waals surface area (Å²) < 4.78 is 24.6. The molecule has 0 aromatic rings. The SMILES string of the molecule is CC(C)[C@@](C(=O)O)(N(C)C(=O)[C@H]1CCN(S(C)(=O)=O)C1)C(C)(C)C. The molecular weight excluding hydrogens is 332 g/mol. The summed E-state index contributed by atoms with van der Waals surface area (Å²) in [6.07, 6.45) is 1.53. The summed E-state index contributed by atoms with van der Waals surface area (Å²) in [6, 6.07) is 0. The Morgan fingerprint density at radius 3 is 2.04 bits per heavy atom. The van der Waals surface area contributed by atoms with Crippen molar-refractivity contribution in [2.45, 2.75) is 46.6 Å². The van der Waals surface area contributed by atoms with Gasteiger partial charge in [0.15, 0.2) is 0 Å². The van der Waals surface area contributed by atoms with E-state index in [0.717, 1.165) is 6.26 Å². The number of amides is 1. The van der Waals surface area contributed by atoms with E-state index in [2.05, 4.69) is 0 Å². The van der Waals surface area contributed by atoms with Gasteiger partial charge < -0.3 is 10.0 Å². The number of carbonyl (C=O) groups excluding carboxylic acids is 1. The van der Waals surface area contributed by atoms with Crippen molar-refractivity contribution in [3.05, 3.63) is 0 Å². The fourth-order valence-electron chi connectivity index (χ4n) is 4.15. The quantitative estimate of drug-likeness (QED) is 0.794. The normalized spacial score (nSPS) is 22.4. The van der Waals surface area contributed by atoms with E-state index < -0.39 is 32.9 Å². The highest BCUT2D eigenvalue weighted by Crippen LogP contribution is 2.42. The topological polar surface area (TPSA) is 95.0 Å². The summed E-state index contributed by atoms with van der Waals surface area (Å²) in [5.41, 5.74) is -2.06. The zero-order valence-electron chi connectivity index (χ0n) is 15.7. The molecule has 24 heavy (non-hydrogen) atoms. The summed E-state index contributed by atoms with van der Waals surface area (Å²) in [5, 5.41) is 9.97. The van der Waals surface area contributed by atoms with Gasteiger partial charge in [-0.2, -0.15) is 0 Å². The van der Waals surface area contributed by atoms with E-state index in [4.69, 9.17) is 0 Å². The Morgan fingerprint density at radius 1 is 1.25 bits per heavy atom. The molecule has 0 aromatic heterocycles. The van der Waals surface area contributed by atoms with Crippen molar-refractivity contribution < 1.29 is 23.1 Å². The van der Waals surface area contributed by atoms with Crippen LogP contribution in [0.1, 0.15) is 41.0 Å². The molecule has 2 atom stereocenters. The average molecular weight is 362 g/mol. The molecule has 0 bridgehead atoms. The average Bonchev–Trinajstić information content (AvgIpc) is 2.84. The van der Waals surface area contributed by atoms with Gasteiger partial charge in [0, 0.05) is 20.1 Å². The number of carboxylic acids is 1. The van der Waals surface area contributed by atoms with Crippen LogP contribution in [0.5, 0.6) is 0 Å². The first-order valence-corrected chi connectivity index (χ1v) is 9.98. The third kappa shape index (κ3) is 3.44. The minimum Gasteiger partial charge on any atom is -0.479 e. The highest BCUT2D eigenvalue weighted by molar-refractivity contribution is 7.88. The van der Waals surface area contributed by atoms with Gasteiger partial charge in [0.2, 0.25) is 15.9 Å². The first kappa shape index (κ1) is 20.9. The van der Waals surface area contributed by atoms with E-state index >= 15 is 0 Å². The number of nitrogens with zero attached hydrogens (tertiary/aromatic N) is 2. The van der Waals surface area contributed by atoms with Gasteiger partial charge in [-0.3, -0.25) is 4.79 Å². The molecule has 1 fully saturated rings. The fraction of sp³-hybridized carbons (Fsp3) is 0.875. The summed E-state index contributed by atoms with van der Waals surface area (Å²) in [7, 11) is -1.83. The highest BCUT2D eigenvalue weighted by atomic mass is 32.2. The van der Waals surface area contributed by atoms with Crippen molar-refractivity contribution in [3.8, 4) is 0 Å². The van der Waals surface area contributed by atoms with Crippen molar-refractivity contribution in [1.29, 1.82) is 0 Å². The van der Waals surface area contributed by atoms with Crippen LogP contribution in [0.25, 0.3) is 0 Å². The van der Waals surface area contributed by atoms with Crippen molar-refractivity contribution in [2.24, 2.45) is 17.3 Å². The molecule has 8 heteroatoms. The molecule has 1 saturated heterocycles. The van der Waals surface area contributed by atoms with E-state index in [1.807, 2.05) is 20.8 Å². The van der Waals surface area contributed by atoms with E-state index in [-0.39, 0.29) is 18.4 Å². The number of hydrogen-bond acceptors (Lipinski definition) is 4. The Labute approximate surface area is 145 Å². The highest BCUT2D eigenvalue weighted by Gasteiger charge is 2.56. The molecule has 140 valence electrons. The van der Waals surface area contributed by atoms with E-state index in [9.17, 15) is 23.1 Å². The summed E-state index contributed by atoms with van der Waals surface area (Å²) in [6.45, 7) is 9.41. The second-order valence-corrected chi connectivity index (χ2v) is 9.96. The zero-order chi connectivity index (χ0) is 19.1. The number of carbonyl (C=O) groups is 2. The van der Waals surface area contributed by atoms with Gasteiger partial charge in [-0.25, -0.2) is 17.5 Å². The lowest BCUT2D eigenvalue weighted by atomic mass is 9.65. The van der Waals surface area contributed by atoms with Crippen LogP contribution < -0.4 is 0 Å². The lowest BCUT2D eigenvalue weighted by Crippen LogP contribution is -2.66. The van der Waals surface area contributed by atoms with Gasteiger partial charge in [0.25, 0.3) is 0 Å². The van der Waals surface area contributed by atoms with Crippen LogP contribution in [0, 0.1) is 17.3 Å². The van der Waals surface area contributed by atoms with Gasteiger partial charge >= 0.3 is 5.97 Å². The summed E-state index contributed by atoms with van der Waals surface area (Å²) in [5.74, 6) is -2.17. The van der Waals surface area contributed by atoms with Crippen LogP contribution in [0.2, 0.25) is 0 Å². The zero-order valence-corrected chi connectivity index (χ0v) is 16.5. The van der Waals surface area contributed by atoms with Gasteiger partial charge in [-0.15, -0.1) is 0 Å².